The van der Waals surface area contributed by atoms with Crippen LogP contribution in [0.25, 0.3) is 11.0 Å². The molecule has 0 aliphatic rings. The molecular formula is C27H20ClO7P. The molecule has 0 spiro atoms. The van der Waals surface area contributed by atoms with Gasteiger partial charge in [-0.25, -0.2) is 18.6 Å². The van der Waals surface area contributed by atoms with Gasteiger partial charge in [0.05, 0.1) is 5.39 Å². The van der Waals surface area contributed by atoms with E-state index in [1.807, 2.05) is 54.6 Å². The Morgan fingerprint density at radius 2 is 1.08 bits per heavy atom. The topological polar surface area (TPSA) is 143 Å². The Kier molecular flexibility index (Phi) is 7.52. The SMILES string of the molecule is O=c1c([P+](c2ccccc2)(c2ccccc2)c2ccccc2)coc2cc(O)ccc12.[O-][Cl+3]([O-])([O-])[O-]. The monoisotopic (exact) mass is 522 g/mol. The zero-order chi connectivity index (χ0) is 25.8. The van der Waals surface area contributed by atoms with Crippen LogP contribution in [0.5, 0.6) is 5.75 Å². The third kappa shape index (κ3) is 5.32. The van der Waals surface area contributed by atoms with Crippen molar-refractivity contribution in [1.82, 2.24) is 0 Å². The summed E-state index contributed by atoms with van der Waals surface area (Å²) in [5.41, 5.74) is 0.298. The van der Waals surface area contributed by atoms with Gasteiger partial charge < -0.3 is 9.52 Å². The van der Waals surface area contributed by atoms with Crippen LogP contribution < -0.4 is 45.3 Å². The number of halogens is 1. The van der Waals surface area contributed by atoms with E-state index in [0.717, 1.165) is 15.9 Å². The summed E-state index contributed by atoms with van der Waals surface area (Å²) in [5, 5.41) is 14.2. The van der Waals surface area contributed by atoms with Crippen LogP contribution >= 0.6 is 7.26 Å². The fraction of sp³-hybridized carbons (Fsp3) is 0. The zero-order valence-corrected chi connectivity index (χ0v) is 20.3. The van der Waals surface area contributed by atoms with Crippen LogP contribution in [0.3, 0.4) is 0 Å². The summed E-state index contributed by atoms with van der Waals surface area (Å²) >= 11 is 0. The second kappa shape index (κ2) is 10.6. The number of hydrogen-bond acceptors (Lipinski definition) is 7. The molecule has 9 heteroatoms. The molecule has 0 fully saturated rings. The van der Waals surface area contributed by atoms with Crippen LogP contribution in [0.4, 0.5) is 0 Å². The van der Waals surface area contributed by atoms with Crippen molar-refractivity contribution in [3.05, 3.63) is 126 Å². The number of fused-ring (bicyclic) bond motifs is 1. The highest BCUT2D eigenvalue weighted by molar-refractivity contribution is 8.01. The van der Waals surface area contributed by atoms with Crippen LogP contribution in [0.15, 0.2) is 125 Å². The van der Waals surface area contributed by atoms with Crippen LogP contribution in [-0.2, 0) is 0 Å². The Hall–Kier alpha value is -3.55. The molecule has 4 aromatic carbocycles. The van der Waals surface area contributed by atoms with E-state index in [4.69, 9.17) is 23.1 Å². The molecular weight excluding hydrogens is 503 g/mol. The molecule has 0 saturated carbocycles. The predicted molar refractivity (Wildman–Crippen MR) is 129 cm³/mol. The van der Waals surface area contributed by atoms with Gasteiger partial charge in [0, 0.05) is 6.07 Å². The minimum absolute atomic E-state index is 0.0682. The van der Waals surface area contributed by atoms with Gasteiger partial charge in [0.15, 0.2) is 12.6 Å². The summed E-state index contributed by atoms with van der Waals surface area (Å²) in [6, 6.07) is 35.2. The van der Waals surface area contributed by atoms with Gasteiger partial charge in [-0.1, -0.05) is 54.6 Å². The summed E-state index contributed by atoms with van der Waals surface area (Å²) < 4.78 is 39.9. The number of rotatable bonds is 4. The maximum absolute atomic E-state index is 13.9. The van der Waals surface area contributed by atoms with Crippen molar-refractivity contribution in [2.24, 2.45) is 0 Å². The Morgan fingerprint density at radius 1 is 0.667 bits per heavy atom. The van der Waals surface area contributed by atoms with Crippen molar-refractivity contribution in [2.45, 2.75) is 0 Å². The molecule has 5 aromatic rings. The van der Waals surface area contributed by atoms with E-state index in [2.05, 4.69) is 36.4 Å². The Balaban J connectivity index is 0.000000556. The first kappa shape index (κ1) is 25.5. The predicted octanol–water partition coefficient (Wildman–Crippen LogP) is -0.638. The van der Waals surface area contributed by atoms with Gasteiger partial charge in [0.25, 0.3) is 0 Å². The molecule has 0 bridgehead atoms. The largest absolute Gasteiger partial charge is 0.508 e. The summed E-state index contributed by atoms with van der Waals surface area (Å²) in [6.07, 6.45) is 1.59. The lowest BCUT2D eigenvalue weighted by atomic mass is 10.2. The van der Waals surface area contributed by atoms with Gasteiger partial charge in [0.1, 0.15) is 33.5 Å². The lowest BCUT2D eigenvalue weighted by Gasteiger charge is -2.26. The highest BCUT2D eigenvalue weighted by Gasteiger charge is 2.50. The maximum Gasteiger partial charge on any atom is 0.235 e. The Morgan fingerprint density at radius 3 is 1.50 bits per heavy atom. The van der Waals surface area contributed by atoms with Crippen LogP contribution in [0, 0.1) is 10.2 Å². The molecule has 0 atom stereocenters. The molecule has 0 radical (unpaired) electrons. The van der Waals surface area contributed by atoms with E-state index in [9.17, 15) is 9.90 Å². The summed E-state index contributed by atoms with van der Waals surface area (Å²) in [7, 11) is -7.47. The second-order valence-electron chi connectivity index (χ2n) is 7.69. The highest BCUT2D eigenvalue weighted by atomic mass is 35.7. The first-order valence-corrected chi connectivity index (χ1v) is 13.7. The van der Waals surface area contributed by atoms with E-state index in [1.165, 1.54) is 12.1 Å². The van der Waals surface area contributed by atoms with E-state index in [-0.39, 0.29) is 11.2 Å². The second-order valence-corrected chi connectivity index (χ2v) is 11.8. The molecule has 0 unspecified atom stereocenters. The molecule has 0 aliphatic heterocycles. The summed E-state index contributed by atoms with van der Waals surface area (Å²) in [4.78, 5) is 13.9. The van der Waals surface area contributed by atoms with E-state index >= 15 is 0 Å². The third-order valence-corrected chi connectivity index (χ3v) is 9.78. The van der Waals surface area contributed by atoms with Crippen LogP contribution in [0.2, 0.25) is 0 Å². The van der Waals surface area contributed by atoms with Crippen LogP contribution in [0.1, 0.15) is 0 Å². The van der Waals surface area contributed by atoms with Crippen molar-refractivity contribution in [3.63, 3.8) is 0 Å². The first-order chi connectivity index (χ1) is 17.2. The van der Waals surface area contributed by atoms with Gasteiger partial charge >= 0.3 is 0 Å². The normalized spacial score (nSPS) is 11.6. The van der Waals surface area contributed by atoms with Gasteiger partial charge in [-0.3, -0.25) is 4.79 Å². The van der Waals surface area contributed by atoms with E-state index in [0.29, 0.717) is 16.3 Å². The minimum atomic E-state index is -4.94. The average molecular weight is 523 g/mol. The lowest BCUT2D eigenvalue weighted by Crippen LogP contribution is -2.68. The van der Waals surface area contributed by atoms with E-state index < -0.39 is 17.5 Å². The van der Waals surface area contributed by atoms with Crippen molar-refractivity contribution < 1.29 is 38.4 Å². The molecule has 0 aliphatic carbocycles. The molecule has 182 valence electrons. The number of hydrogen-bond donors (Lipinski definition) is 1. The molecule has 1 heterocycles. The molecule has 0 saturated heterocycles. The standard InChI is InChI=1S/C27H19O3P.ClHO4/c28-20-16-17-24-25(18-20)30-19-26(27(24)29)31(21-10-4-1-5-11-21,22-12-6-2-7-13-22)23-14-8-3-9-15-23;2-1(3,4)5/h1-19H;(H,2,3,4,5). The molecule has 1 aromatic heterocycles. The smallest absolute Gasteiger partial charge is 0.235 e. The summed E-state index contributed by atoms with van der Waals surface area (Å²) in [5.74, 6) is 0.0682. The quantitative estimate of drug-likeness (QED) is 0.309. The van der Waals surface area contributed by atoms with Crippen molar-refractivity contribution >= 4 is 39.4 Å². The minimum Gasteiger partial charge on any atom is -0.508 e. The number of phenolic OH excluding ortho intramolecular Hbond substituents is 1. The molecule has 5 rings (SSSR count). The van der Waals surface area contributed by atoms with Gasteiger partial charge in [-0.2, -0.15) is 0 Å². The van der Waals surface area contributed by atoms with Crippen molar-refractivity contribution in [2.75, 3.05) is 0 Å². The van der Waals surface area contributed by atoms with Crippen molar-refractivity contribution in [3.8, 4) is 5.75 Å². The first-order valence-electron chi connectivity index (χ1n) is 10.6. The van der Waals surface area contributed by atoms with Gasteiger partial charge in [0.2, 0.25) is 5.43 Å². The molecule has 7 nitrogen and oxygen atoms in total. The molecule has 0 amide bonds. The van der Waals surface area contributed by atoms with Crippen LogP contribution in [-0.4, -0.2) is 5.11 Å². The Labute approximate surface area is 209 Å². The molecule has 36 heavy (non-hydrogen) atoms. The number of phenols is 1. The maximum atomic E-state index is 13.9. The zero-order valence-electron chi connectivity index (χ0n) is 18.7. The van der Waals surface area contributed by atoms with Crippen molar-refractivity contribution in [1.29, 1.82) is 0 Å². The number of aromatic hydroxyl groups is 1. The lowest BCUT2D eigenvalue weighted by molar-refractivity contribution is -2.00. The Bertz CT molecular complexity index is 1400. The van der Waals surface area contributed by atoms with Gasteiger partial charge in [-0.15, -0.1) is 10.2 Å². The fourth-order valence-corrected chi connectivity index (χ4v) is 8.38. The fourth-order valence-electron chi connectivity index (χ4n) is 4.16. The third-order valence-electron chi connectivity index (χ3n) is 5.53. The highest BCUT2D eigenvalue weighted by Crippen LogP contribution is 2.53. The molecule has 1 N–H and O–H groups in total. The number of benzene rings is 4. The van der Waals surface area contributed by atoms with E-state index in [1.54, 1.807) is 12.3 Å². The van der Waals surface area contributed by atoms with Gasteiger partial charge in [-0.05, 0) is 48.5 Å². The summed E-state index contributed by atoms with van der Waals surface area (Å²) in [6.45, 7) is 0. The average Bonchev–Trinajstić information content (AvgIpc) is 2.87.